The number of methoxy groups -OCH3 is 1. The van der Waals surface area contributed by atoms with Gasteiger partial charge in [-0.1, -0.05) is 18.2 Å². The zero-order chi connectivity index (χ0) is 14.9. The van der Waals surface area contributed by atoms with Crippen molar-refractivity contribution in [3.8, 4) is 0 Å². The maximum Gasteiger partial charge on any atom is 0.135 e. The normalized spacial score (nSPS) is 11.3. The van der Waals surface area contributed by atoms with E-state index in [0.717, 1.165) is 28.7 Å². The van der Waals surface area contributed by atoms with Crippen LogP contribution in [0.4, 0.5) is 0 Å². The summed E-state index contributed by atoms with van der Waals surface area (Å²) in [6.45, 7) is 3.45. The van der Waals surface area contributed by atoms with Gasteiger partial charge in [0, 0.05) is 37.8 Å². The van der Waals surface area contributed by atoms with E-state index in [1.807, 2.05) is 24.3 Å². The summed E-state index contributed by atoms with van der Waals surface area (Å²) in [7, 11) is 1.66. The smallest absolute Gasteiger partial charge is 0.135 e. The minimum absolute atomic E-state index is 0.444. The monoisotopic (exact) mass is 293 g/mol. The lowest BCUT2D eigenvalue weighted by Crippen LogP contribution is -2.06. The molecule has 0 spiro atoms. The second-order valence-corrected chi connectivity index (χ2v) is 4.72. The Balaban J connectivity index is 1.76. The molecule has 2 N–H and O–H groups in total. The number of furan rings is 1. The highest BCUT2D eigenvalue weighted by atomic mass is 16.5. The van der Waals surface area contributed by atoms with E-state index < -0.39 is 0 Å². The Hall–Kier alpha value is -1.40. The van der Waals surface area contributed by atoms with Gasteiger partial charge < -0.3 is 24.4 Å². The molecule has 0 atom stereocenters. The Labute approximate surface area is 125 Å². The summed E-state index contributed by atoms with van der Waals surface area (Å²) < 4.78 is 21.7. The number of benzene rings is 1. The van der Waals surface area contributed by atoms with E-state index in [9.17, 15) is 0 Å². The van der Waals surface area contributed by atoms with Crippen molar-refractivity contribution in [3.05, 3.63) is 35.6 Å². The van der Waals surface area contributed by atoms with Gasteiger partial charge in [0.25, 0.3) is 0 Å². The van der Waals surface area contributed by atoms with Crippen molar-refractivity contribution in [1.82, 2.24) is 0 Å². The largest absolute Gasteiger partial charge is 0.458 e. The summed E-state index contributed by atoms with van der Waals surface area (Å²) in [6.07, 6.45) is 0.849. The first-order valence-electron chi connectivity index (χ1n) is 7.20. The van der Waals surface area contributed by atoms with E-state index in [-0.39, 0.29) is 0 Å². The van der Waals surface area contributed by atoms with Gasteiger partial charge in [0.15, 0.2) is 0 Å². The fourth-order valence-corrected chi connectivity index (χ4v) is 2.16. The average molecular weight is 293 g/mol. The standard InChI is InChI=1S/C16H23NO4/c1-18-9-10-19-7-4-8-20-12-16-14(11-17)13-5-2-3-6-15(13)21-16/h2-3,5-6H,4,7-12,17H2,1H3. The molecule has 1 heterocycles. The third-order valence-electron chi connectivity index (χ3n) is 3.23. The number of nitrogens with two attached hydrogens (primary N) is 1. The fourth-order valence-electron chi connectivity index (χ4n) is 2.16. The van der Waals surface area contributed by atoms with Crippen molar-refractivity contribution < 1.29 is 18.6 Å². The van der Waals surface area contributed by atoms with Crippen molar-refractivity contribution in [1.29, 1.82) is 0 Å². The van der Waals surface area contributed by atoms with Crippen LogP contribution >= 0.6 is 0 Å². The third kappa shape index (κ3) is 4.54. The number of fused-ring (bicyclic) bond motifs is 1. The second-order valence-electron chi connectivity index (χ2n) is 4.72. The molecule has 21 heavy (non-hydrogen) atoms. The van der Waals surface area contributed by atoms with Gasteiger partial charge in [0.1, 0.15) is 18.0 Å². The highest BCUT2D eigenvalue weighted by molar-refractivity contribution is 5.82. The Morgan fingerprint density at radius 2 is 1.86 bits per heavy atom. The van der Waals surface area contributed by atoms with Crippen LogP contribution in [-0.4, -0.2) is 33.5 Å². The van der Waals surface area contributed by atoms with Gasteiger partial charge >= 0.3 is 0 Å². The molecule has 5 heteroatoms. The van der Waals surface area contributed by atoms with Crippen molar-refractivity contribution >= 4 is 11.0 Å². The van der Waals surface area contributed by atoms with Gasteiger partial charge in [-0.2, -0.15) is 0 Å². The second kappa shape index (κ2) is 8.79. The van der Waals surface area contributed by atoms with E-state index in [1.165, 1.54) is 0 Å². The number of hydrogen-bond donors (Lipinski definition) is 1. The molecule has 0 unspecified atom stereocenters. The molecule has 0 radical (unpaired) electrons. The molecule has 0 saturated heterocycles. The lowest BCUT2D eigenvalue weighted by Gasteiger charge is -2.05. The molecule has 116 valence electrons. The maximum atomic E-state index is 5.81. The summed E-state index contributed by atoms with van der Waals surface area (Å²) >= 11 is 0. The third-order valence-corrected chi connectivity index (χ3v) is 3.23. The molecule has 0 aliphatic carbocycles. The van der Waals surface area contributed by atoms with Crippen molar-refractivity contribution in [2.45, 2.75) is 19.6 Å². The summed E-state index contributed by atoms with van der Waals surface area (Å²) in [5.41, 5.74) is 7.70. The molecular formula is C16H23NO4. The van der Waals surface area contributed by atoms with Gasteiger partial charge in [-0.25, -0.2) is 0 Å². The van der Waals surface area contributed by atoms with Crippen molar-refractivity contribution in [3.63, 3.8) is 0 Å². The average Bonchev–Trinajstić information content (AvgIpc) is 2.87. The molecule has 1 aromatic carbocycles. The zero-order valence-corrected chi connectivity index (χ0v) is 12.5. The summed E-state index contributed by atoms with van der Waals surface area (Å²) in [5, 5.41) is 1.07. The predicted molar refractivity (Wildman–Crippen MR) is 81.1 cm³/mol. The molecule has 0 saturated carbocycles. The first-order valence-corrected chi connectivity index (χ1v) is 7.20. The highest BCUT2D eigenvalue weighted by Gasteiger charge is 2.12. The van der Waals surface area contributed by atoms with Crippen molar-refractivity contribution in [2.75, 3.05) is 33.5 Å². The number of para-hydroxylation sites is 1. The Morgan fingerprint density at radius 3 is 2.67 bits per heavy atom. The summed E-state index contributed by atoms with van der Waals surface area (Å²) in [6, 6.07) is 7.91. The SMILES string of the molecule is COCCOCCCOCc1oc2ccccc2c1CN. The van der Waals surface area contributed by atoms with Gasteiger partial charge in [0.2, 0.25) is 0 Å². The van der Waals surface area contributed by atoms with Gasteiger partial charge in [0.05, 0.1) is 13.2 Å². The van der Waals surface area contributed by atoms with Crippen LogP contribution in [0.3, 0.4) is 0 Å². The Kier molecular flexibility index (Phi) is 6.69. The maximum absolute atomic E-state index is 5.81. The highest BCUT2D eigenvalue weighted by Crippen LogP contribution is 2.25. The number of ether oxygens (including phenoxy) is 3. The van der Waals surface area contributed by atoms with E-state index in [1.54, 1.807) is 7.11 Å². The Morgan fingerprint density at radius 1 is 1.05 bits per heavy atom. The Bertz CT molecular complexity index is 538. The lowest BCUT2D eigenvalue weighted by molar-refractivity contribution is 0.0454. The van der Waals surface area contributed by atoms with Gasteiger partial charge in [-0.15, -0.1) is 0 Å². The summed E-state index contributed by atoms with van der Waals surface area (Å²) in [4.78, 5) is 0. The van der Waals surface area contributed by atoms with Crippen LogP contribution in [0.5, 0.6) is 0 Å². The van der Waals surface area contributed by atoms with Crippen LogP contribution in [0, 0.1) is 0 Å². The molecular weight excluding hydrogens is 270 g/mol. The minimum Gasteiger partial charge on any atom is -0.458 e. The first-order chi connectivity index (χ1) is 10.4. The molecule has 0 amide bonds. The van der Waals surface area contributed by atoms with E-state index in [0.29, 0.717) is 39.6 Å². The molecule has 0 fully saturated rings. The molecule has 0 bridgehead atoms. The lowest BCUT2D eigenvalue weighted by atomic mass is 10.1. The van der Waals surface area contributed by atoms with E-state index >= 15 is 0 Å². The number of rotatable bonds is 10. The van der Waals surface area contributed by atoms with Crippen LogP contribution in [-0.2, 0) is 27.4 Å². The van der Waals surface area contributed by atoms with Crippen LogP contribution in [0.2, 0.25) is 0 Å². The topological polar surface area (TPSA) is 66.8 Å². The van der Waals surface area contributed by atoms with Crippen LogP contribution in [0.1, 0.15) is 17.7 Å². The van der Waals surface area contributed by atoms with Gasteiger partial charge in [-0.3, -0.25) is 0 Å². The quantitative estimate of drug-likeness (QED) is 0.682. The van der Waals surface area contributed by atoms with Crippen LogP contribution in [0.25, 0.3) is 11.0 Å². The fraction of sp³-hybridized carbons (Fsp3) is 0.500. The first kappa shape index (κ1) is 16.0. The zero-order valence-electron chi connectivity index (χ0n) is 12.5. The van der Waals surface area contributed by atoms with Crippen LogP contribution < -0.4 is 5.73 Å². The van der Waals surface area contributed by atoms with E-state index in [2.05, 4.69) is 0 Å². The number of hydrogen-bond acceptors (Lipinski definition) is 5. The molecule has 2 rings (SSSR count). The van der Waals surface area contributed by atoms with Crippen molar-refractivity contribution in [2.24, 2.45) is 5.73 Å². The predicted octanol–water partition coefficient (Wildman–Crippen LogP) is 2.46. The minimum atomic E-state index is 0.444. The van der Waals surface area contributed by atoms with Gasteiger partial charge in [-0.05, 0) is 12.5 Å². The summed E-state index contributed by atoms with van der Waals surface area (Å²) in [5.74, 6) is 0.819. The van der Waals surface area contributed by atoms with Crippen LogP contribution in [0.15, 0.2) is 28.7 Å². The van der Waals surface area contributed by atoms with E-state index in [4.69, 9.17) is 24.4 Å². The molecule has 0 aliphatic rings. The molecule has 5 nitrogen and oxygen atoms in total. The molecule has 0 aliphatic heterocycles. The molecule has 1 aromatic heterocycles. The molecule has 2 aromatic rings.